The Kier molecular flexibility index (Phi) is 4.69. The monoisotopic (exact) mass is 220 g/mol. The van der Waals surface area contributed by atoms with Crippen molar-refractivity contribution in [2.75, 3.05) is 13.7 Å². The third-order valence-corrected chi connectivity index (χ3v) is 2.80. The highest BCUT2D eigenvalue weighted by molar-refractivity contribution is 5.79. The van der Waals surface area contributed by atoms with Gasteiger partial charge in [-0.2, -0.15) is 0 Å². The van der Waals surface area contributed by atoms with Crippen molar-refractivity contribution >= 4 is 5.78 Å². The maximum Gasteiger partial charge on any atom is 0.158 e. The molecule has 0 heterocycles. The molecule has 0 aliphatic heterocycles. The molecule has 1 aromatic rings. The lowest BCUT2D eigenvalue weighted by molar-refractivity contribution is -0.122. The number of hydrogen-bond donors (Lipinski definition) is 0. The third-order valence-electron chi connectivity index (χ3n) is 2.80. The fourth-order valence-electron chi connectivity index (χ4n) is 2.10. The van der Waals surface area contributed by atoms with Gasteiger partial charge < -0.3 is 4.74 Å². The molecular weight excluding hydrogens is 200 g/mol. The van der Waals surface area contributed by atoms with Crippen LogP contribution >= 0.6 is 0 Å². The van der Waals surface area contributed by atoms with Crippen LogP contribution in [0.25, 0.3) is 0 Å². The van der Waals surface area contributed by atoms with Gasteiger partial charge in [0.15, 0.2) is 5.78 Å². The molecule has 0 aliphatic rings. The van der Waals surface area contributed by atoms with Crippen LogP contribution in [-0.4, -0.2) is 19.5 Å². The van der Waals surface area contributed by atoms with Gasteiger partial charge in [0.05, 0.1) is 0 Å². The van der Waals surface area contributed by atoms with Gasteiger partial charge in [-0.1, -0.05) is 17.7 Å². The van der Waals surface area contributed by atoms with E-state index in [0.29, 0.717) is 6.42 Å². The highest BCUT2D eigenvalue weighted by Gasteiger charge is 2.07. The average molecular weight is 220 g/mol. The number of carbonyl (C=O) groups excluding carboxylic acids is 1. The summed E-state index contributed by atoms with van der Waals surface area (Å²) in [7, 11) is 1.56. The van der Waals surface area contributed by atoms with Gasteiger partial charge >= 0.3 is 0 Å². The standard InChI is InChI=1S/C14H20O2/c1-10-7-11(2)14(12(3)8-10)6-5-13(15)9-16-4/h7-8H,5-6,9H2,1-4H3. The Morgan fingerprint density at radius 3 is 2.25 bits per heavy atom. The van der Waals surface area contributed by atoms with E-state index >= 15 is 0 Å². The van der Waals surface area contributed by atoms with E-state index in [-0.39, 0.29) is 12.4 Å². The number of hydrogen-bond acceptors (Lipinski definition) is 2. The molecule has 0 saturated heterocycles. The van der Waals surface area contributed by atoms with Crippen molar-refractivity contribution < 1.29 is 9.53 Å². The van der Waals surface area contributed by atoms with Gasteiger partial charge in [-0.25, -0.2) is 0 Å². The highest BCUT2D eigenvalue weighted by Crippen LogP contribution is 2.18. The van der Waals surface area contributed by atoms with E-state index < -0.39 is 0 Å². The zero-order valence-electron chi connectivity index (χ0n) is 10.6. The summed E-state index contributed by atoms with van der Waals surface area (Å²) >= 11 is 0. The van der Waals surface area contributed by atoms with Gasteiger partial charge in [0.25, 0.3) is 0 Å². The number of Topliss-reactive ketones (excluding diaryl/α,β-unsaturated/α-hetero) is 1. The van der Waals surface area contributed by atoms with Gasteiger partial charge in [-0.15, -0.1) is 0 Å². The van der Waals surface area contributed by atoms with Gasteiger partial charge in [0.1, 0.15) is 6.61 Å². The van der Waals surface area contributed by atoms with Crippen molar-refractivity contribution in [1.29, 1.82) is 0 Å². The van der Waals surface area contributed by atoms with Crippen LogP contribution < -0.4 is 0 Å². The molecule has 1 aromatic carbocycles. The predicted molar refractivity (Wildman–Crippen MR) is 65.9 cm³/mol. The van der Waals surface area contributed by atoms with Crippen LogP contribution in [0.2, 0.25) is 0 Å². The summed E-state index contributed by atoms with van der Waals surface area (Å²) in [6.45, 7) is 6.54. The lowest BCUT2D eigenvalue weighted by atomic mass is 9.95. The number of benzene rings is 1. The molecule has 16 heavy (non-hydrogen) atoms. The van der Waals surface area contributed by atoms with Crippen molar-refractivity contribution in [1.82, 2.24) is 0 Å². The van der Waals surface area contributed by atoms with Crippen molar-refractivity contribution in [2.45, 2.75) is 33.6 Å². The Morgan fingerprint density at radius 2 is 1.75 bits per heavy atom. The molecule has 0 aromatic heterocycles. The van der Waals surface area contributed by atoms with E-state index in [2.05, 4.69) is 32.9 Å². The molecule has 0 amide bonds. The maximum absolute atomic E-state index is 11.4. The van der Waals surface area contributed by atoms with E-state index in [1.54, 1.807) is 7.11 Å². The quantitative estimate of drug-likeness (QED) is 0.762. The normalized spacial score (nSPS) is 10.5. The number of ether oxygens (including phenoxy) is 1. The van der Waals surface area contributed by atoms with E-state index in [9.17, 15) is 4.79 Å². The molecule has 2 heteroatoms. The predicted octanol–water partition coefficient (Wildman–Crippen LogP) is 2.76. The molecule has 0 atom stereocenters. The summed E-state index contributed by atoms with van der Waals surface area (Å²) in [5, 5.41) is 0. The zero-order valence-corrected chi connectivity index (χ0v) is 10.6. The smallest absolute Gasteiger partial charge is 0.158 e. The summed E-state index contributed by atoms with van der Waals surface area (Å²) in [6.07, 6.45) is 1.39. The van der Waals surface area contributed by atoms with Gasteiger partial charge in [-0.3, -0.25) is 4.79 Å². The first-order valence-electron chi connectivity index (χ1n) is 5.62. The first-order valence-corrected chi connectivity index (χ1v) is 5.62. The van der Waals surface area contributed by atoms with Crippen molar-refractivity contribution in [3.63, 3.8) is 0 Å². The maximum atomic E-state index is 11.4. The molecule has 0 spiro atoms. The first-order chi connectivity index (χ1) is 7.54. The van der Waals surface area contributed by atoms with Crippen LogP contribution in [0, 0.1) is 20.8 Å². The summed E-state index contributed by atoms with van der Waals surface area (Å²) in [5.41, 5.74) is 5.14. The Hall–Kier alpha value is -1.15. The van der Waals surface area contributed by atoms with Crippen LogP contribution in [0.15, 0.2) is 12.1 Å². The number of methoxy groups -OCH3 is 1. The second kappa shape index (κ2) is 5.80. The van der Waals surface area contributed by atoms with Crippen molar-refractivity contribution in [3.05, 3.63) is 34.4 Å². The van der Waals surface area contributed by atoms with Gasteiger partial charge in [0, 0.05) is 13.5 Å². The van der Waals surface area contributed by atoms with Crippen LogP contribution in [0.5, 0.6) is 0 Å². The van der Waals surface area contributed by atoms with E-state index in [1.165, 1.54) is 22.3 Å². The molecule has 2 nitrogen and oxygen atoms in total. The van der Waals surface area contributed by atoms with Crippen LogP contribution in [0.3, 0.4) is 0 Å². The van der Waals surface area contributed by atoms with Crippen LogP contribution in [0.1, 0.15) is 28.7 Å². The van der Waals surface area contributed by atoms with Crippen LogP contribution in [0.4, 0.5) is 0 Å². The molecular formula is C14H20O2. The Bertz CT molecular complexity index is 357. The van der Waals surface area contributed by atoms with E-state index in [4.69, 9.17) is 4.74 Å². The lowest BCUT2D eigenvalue weighted by Crippen LogP contribution is -2.08. The molecule has 0 aliphatic carbocycles. The number of rotatable bonds is 5. The highest BCUT2D eigenvalue weighted by atomic mass is 16.5. The number of carbonyl (C=O) groups is 1. The lowest BCUT2D eigenvalue weighted by Gasteiger charge is -2.10. The zero-order chi connectivity index (χ0) is 12.1. The Morgan fingerprint density at radius 1 is 1.19 bits per heavy atom. The second-order valence-corrected chi connectivity index (χ2v) is 4.35. The topological polar surface area (TPSA) is 26.3 Å². The van der Waals surface area contributed by atoms with E-state index in [0.717, 1.165) is 6.42 Å². The Labute approximate surface area is 97.6 Å². The molecule has 0 unspecified atom stereocenters. The third kappa shape index (κ3) is 3.46. The fraction of sp³-hybridized carbons (Fsp3) is 0.500. The minimum atomic E-state index is 0.168. The SMILES string of the molecule is COCC(=O)CCc1c(C)cc(C)cc1C. The Balaban J connectivity index is 2.70. The molecule has 0 radical (unpaired) electrons. The minimum Gasteiger partial charge on any atom is -0.377 e. The van der Waals surface area contributed by atoms with Gasteiger partial charge in [-0.05, 0) is 43.9 Å². The molecule has 88 valence electrons. The second-order valence-electron chi connectivity index (χ2n) is 4.35. The summed E-state index contributed by atoms with van der Waals surface area (Å²) in [5.74, 6) is 0.168. The minimum absolute atomic E-state index is 0.168. The molecule has 1 rings (SSSR count). The van der Waals surface area contributed by atoms with Crippen LogP contribution in [-0.2, 0) is 16.0 Å². The number of aryl methyl sites for hydroxylation is 3. The molecule has 0 bridgehead atoms. The molecule has 0 N–H and O–H groups in total. The summed E-state index contributed by atoms with van der Waals surface area (Å²) < 4.78 is 4.82. The van der Waals surface area contributed by atoms with E-state index in [1.807, 2.05) is 0 Å². The largest absolute Gasteiger partial charge is 0.377 e. The molecule has 0 fully saturated rings. The summed E-state index contributed by atoms with van der Waals surface area (Å²) in [4.78, 5) is 11.4. The first kappa shape index (κ1) is 12.9. The van der Waals surface area contributed by atoms with Gasteiger partial charge in [0.2, 0.25) is 0 Å². The number of ketones is 1. The fourth-order valence-corrected chi connectivity index (χ4v) is 2.10. The molecule has 0 saturated carbocycles. The van der Waals surface area contributed by atoms with Crippen molar-refractivity contribution in [3.8, 4) is 0 Å². The van der Waals surface area contributed by atoms with Crippen molar-refractivity contribution in [2.24, 2.45) is 0 Å². The average Bonchev–Trinajstić information content (AvgIpc) is 2.16. The summed E-state index contributed by atoms with van der Waals surface area (Å²) in [6, 6.07) is 4.34.